The first-order valence-corrected chi connectivity index (χ1v) is 7.73. The van der Waals surface area contributed by atoms with E-state index in [1.165, 1.54) is 0 Å². The van der Waals surface area contributed by atoms with E-state index in [0.29, 0.717) is 12.4 Å². The van der Waals surface area contributed by atoms with Crippen LogP contribution in [0, 0.1) is 6.92 Å². The van der Waals surface area contributed by atoms with Crippen molar-refractivity contribution in [2.75, 3.05) is 17.2 Å². The fourth-order valence-corrected chi connectivity index (χ4v) is 4.29. The van der Waals surface area contributed by atoms with Gasteiger partial charge in [-0.05, 0) is 31.0 Å². The normalized spacial score (nSPS) is 22.6. The molecule has 1 atom stereocenters. The van der Waals surface area contributed by atoms with Crippen molar-refractivity contribution < 1.29 is 8.42 Å². The second kappa shape index (κ2) is 3.71. The zero-order valence-corrected chi connectivity index (χ0v) is 10.9. The van der Waals surface area contributed by atoms with Gasteiger partial charge in [0.1, 0.15) is 0 Å². The summed E-state index contributed by atoms with van der Waals surface area (Å²) in [7, 11) is -2.92. The molecular weight excluding hydrogens is 250 g/mol. The fraction of sp³-hybridized carbons (Fsp3) is 0.417. The number of rotatable bonds is 1. The van der Waals surface area contributed by atoms with E-state index < -0.39 is 9.84 Å². The summed E-state index contributed by atoms with van der Waals surface area (Å²) in [5, 5.41) is 0. The van der Waals surface area contributed by atoms with Crippen molar-refractivity contribution in [1.29, 1.82) is 0 Å². The van der Waals surface area contributed by atoms with Crippen molar-refractivity contribution in [2.24, 2.45) is 0 Å². The molecule has 6 heteroatoms. The first kappa shape index (κ1) is 11.5. The van der Waals surface area contributed by atoms with Crippen LogP contribution in [0.2, 0.25) is 0 Å². The lowest BCUT2D eigenvalue weighted by molar-refractivity contribution is 0.575. The summed E-state index contributed by atoms with van der Waals surface area (Å²) in [6, 6.07) is 5.83. The van der Waals surface area contributed by atoms with Crippen molar-refractivity contribution in [2.45, 2.75) is 19.4 Å². The van der Waals surface area contributed by atoms with Gasteiger partial charge in [0, 0.05) is 0 Å². The third kappa shape index (κ3) is 1.77. The molecule has 18 heavy (non-hydrogen) atoms. The van der Waals surface area contributed by atoms with Gasteiger partial charge in [0.15, 0.2) is 9.84 Å². The molecule has 1 aromatic carbocycles. The van der Waals surface area contributed by atoms with E-state index in [1.807, 2.05) is 29.7 Å². The van der Waals surface area contributed by atoms with Crippen LogP contribution in [-0.4, -0.2) is 29.5 Å². The van der Waals surface area contributed by atoms with E-state index in [0.717, 1.165) is 16.6 Å². The minimum absolute atomic E-state index is 0.0808. The van der Waals surface area contributed by atoms with Crippen LogP contribution in [0.3, 0.4) is 0 Å². The van der Waals surface area contributed by atoms with Crippen molar-refractivity contribution in [3.05, 3.63) is 23.8 Å². The fourth-order valence-electron chi connectivity index (χ4n) is 2.59. The standard InChI is InChI=1S/C12H15N3O2S/c1-8-2-3-11-10(6-8)14-12(13)15(11)9-4-5-18(16,17)7-9/h2-3,6,9H,4-5,7H2,1H3,(H2,13,14). The number of sulfone groups is 1. The van der Waals surface area contributed by atoms with E-state index >= 15 is 0 Å². The molecule has 0 amide bonds. The first-order valence-electron chi connectivity index (χ1n) is 5.91. The van der Waals surface area contributed by atoms with Crippen molar-refractivity contribution in [1.82, 2.24) is 9.55 Å². The molecule has 0 radical (unpaired) electrons. The van der Waals surface area contributed by atoms with E-state index in [4.69, 9.17) is 5.73 Å². The average Bonchev–Trinajstić information content (AvgIpc) is 2.77. The summed E-state index contributed by atoms with van der Waals surface area (Å²) in [5.74, 6) is 0.803. The van der Waals surface area contributed by atoms with Gasteiger partial charge in [0.25, 0.3) is 0 Å². The zero-order valence-electron chi connectivity index (χ0n) is 10.1. The van der Waals surface area contributed by atoms with E-state index in [-0.39, 0.29) is 17.5 Å². The average molecular weight is 265 g/mol. The van der Waals surface area contributed by atoms with Gasteiger partial charge >= 0.3 is 0 Å². The van der Waals surface area contributed by atoms with Crippen LogP contribution in [0.25, 0.3) is 11.0 Å². The number of imidazole rings is 1. The number of aryl methyl sites for hydroxylation is 1. The number of nitrogens with zero attached hydrogens (tertiary/aromatic N) is 2. The Morgan fingerprint density at radius 3 is 2.89 bits per heavy atom. The minimum Gasteiger partial charge on any atom is -0.369 e. The summed E-state index contributed by atoms with van der Waals surface area (Å²) >= 11 is 0. The number of nitrogen functional groups attached to an aromatic ring is 1. The van der Waals surface area contributed by atoms with E-state index in [1.54, 1.807) is 0 Å². The van der Waals surface area contributed by atoms with Crippen molar-refractivity contribution >= 4 is 26.8 Å². The number of benzene rings is 1. The van der Waals surface area contributed by atoms with Crippen LogP contribution in [0.4, 0.5) is 5.95 Å². The van der Waals surface area contributed by atoms with Crippen LogP contribution in [0.1, 0.15) is 18.0 Å². The maximum Gasteiger partial charge on any atom is 0.201 e. The van der Waals surface area contributed by atoms with Crippen LogP contribution in [0.15, 0.2) is 18.2 Å². The molecule has 0 bridgehead atoms. The number of fused-ring (bicyclic) bond motifs is 1. The summed E-state index contributed by atoms with van der Waals surface area (Å²) < 4.78 is 25.0. The largest absolute Gasteiger partial charge is 0.369 e. The van der Waals surface area contributed by atoms with Gasteiger partial charge in [0.2, 0.25) is 5.95 Å². The maximum absolute atomic E-state index is 11.6. The molecule has 0 spiro atoms. The Hall–Kier alpha value is -1.56. The molecule has 96 valence electrons. The Labute approximate surface area is 106 Å². The predicted octanol–water partition coefficient (Wildman–Crippen LogP) is 1.29. The molecular formula is C12H15N3O2S. The first-order chi connectivity index (χ1) is 8.46. The molecule has 1 saturated heterocycles. The van der Waals surface area contributed by atoms with Crippen molar-refractivity contribution in [3.63, 3.8) is 0 Å². The molecule has 0 aliphatic carbocycles. The van der Waals surface area contributed by atoms with Gasteiger partial charge in [-0.3, -0.25) is 0 Å². The highest BCUT2D eigenvalue weighted by Gasteiger charge is 2.31. The van der Waals surface area contributed by atoms with Crippen molar-refractivity contribution in [3.8, 4) is 0 Å². The number of hydrogen-bond donors (Lipinski definition) is 1. The third-order valence-corrected chi connectivity index (χ3v) is 5.20. The lowest BCUT2D eigenvalue weighted by Crippen LogP contribution is -2.13. The summed E-state index contributed by atoms with van der Waals surface area (Å²) in [6.45, 7) is 1.99. The maximum atomic E-state index is 11.6. The van der Waals surface area contributed by atoms with E-state index in [2.05, 4.69) is 4.98 Å². The Balaban J connectivity index is 2.15. The number of nitrogens with two attached hydrogens (primary N) is 1. The molecule has 1 aliphatic heterocycles. The predicted molar refractivity (Wildman–Crippen MR) is 71.2 cm³/mol. The quantitative estimate of drug-likeness (QED) is 0.842. The molecule has 3 rings (SSSR count). The van der Waals surface area contributed by atoms with Crippen LogP contribution in [0.5, 0.6) is 0 Å². The van der Waals surface area contributed by atoms with Gasteiger partial charge < -0.3 is 10.3 Å². The molecule has 1 fully saturated rings. The molecule has 2 heterocycles. The molecule has 5 nitrogen and oxygen atoms in total. The molecule has 2 aromatic rings. The Kier molecular flexibility index (Phi) is 2.38. The molecule has 2 N–H and O–H groups in total. The highest BCUT2D eigenvalue weighted by molar-refractivity contribution is 7.91. The lowest BCUT2D eigenvalue weighted by atomic mass is 10.2. The second-order valence-electron chi connectivity index (χ2n) is 4.89. The zero-order chi connectivity index (χ0) is 12.9. The lowest BCUT2D eigenvalue weighted by Gasteiger charge is -2.12. The van der Waals surface area contributed by atoms with E-state index in [9.17, 15) is 8.42 Å². The third-order valence-electron chi connectivity index (χ3n) is 3.45. The second-order valence-corrected chi connectivity index (χ2v) is 7.12. The van der Waals surface area contributed by atoms with Crippen LogP contribution >= 0.6 is 0 Å². The van der Waals surface area contributed by atoms with Crippen LogP contribution < -0.4 is 5.73 Å². The Morgan fingerprint density at radius 2 is 2.22 bits per heavy atom. The number of hydrogen-bond acceptors (Lipinski definition) is 4. The molecule has 1 aliphatic rings. The van der Waals surface area contributed by atoms with Gasteiger partial charge in [-0.2, -0.15) is 0 Å². The number of aromatic nitrogens is 2. The molecule has 1 unspecified atom stereocenters. The smallest absolute Gasteiger partial charge is 0.201 e. The monoisotopic (exact) mass is 265 g/mol. The Bertz CT molecular complexity index is 718. The highest BCUT2D eigenvalue weighted by atomic mass is 32.2. The van der Waals surface area contributed by atoms with Gasteiger partial charge in [0.05, 0.1) is 28.6 Å². The summed E-state index contributed by atoms with van der Waals surface area (Å²) in [6.07, 6.45) is 0.617. The van der Waals surface area contributed by atoms with Gasteiger partial charge in [-0.25, -0.2) is 13.4 Å². The van der Waals surface area contributed by atoms with Gasteiger partial charge in [-0.1, -0.05) is 6.07 Å². The SMILES string of the molecule is Cc1ccc2c(c1)nc(N)n2C1CCS(=O)(=O)C1. The highest BCUT2D eigenvalue weighted by Crippen LogP contribution is 2.30. The molecule has 1 aromatic heterocycles. The molecule has 0 saturated carbocycles. The summed E-state index contributed by atoms with van der Waals surface area (Å²) in [5.41, 5.74) is 8.79. The summed E-state index contributed by atoms with van der Waals surface area (Å²) in [4.78, 5) is 4.31. The van der Waals surface area contributed by atoms with Gasteiger partial charge in [-0.15, -0.1) is 0 Å². The topological polar surface area (TPSA) is 78.0 Å². The number of anilines is 1. The Morgan fingerprint density at radius 1 is 1.44 bits per heavy atom. The van der Waals surface area contributed by atoms with Crippen LogP contribution in [-0.2, 0) is 9.84 Å². The minimum atomic E-state index is -2.92.